The van der Waals surface area contributed by atoms with Crippen LogP contribution in [0.1, 0.15) is 23.6 Å². The number of benzene rings is 3. The van der Waals surface area contributed by atoms with Gasteiger partial charge in [0.15, 0.2) is 11.5 Å². The van der Waals surface area contributed by atoms with Crippen molar-refractivity contribution in [2.75, 3.05) is 13.2 Å². The average Bonchev–Trinajstić information content (AvgIpc) is 2.75. The molecule has 0 unspecified atom stereocenters. The third kappa shape index (κ3) is 6.84. The van der Waals surface area contributed by atoms with Gasteiger partial charge in [0, 0.05) is 11.0 Å². The Bertz CT molecular complexity index is 1030. The molecule has 164 valence electrons. The van der Waals surface area contributed by atoms with Gasteiger partial charge in [-0.2, -0.15) is 0 Å². The Kier molecular flexibility index (Phi) is 9.02. The van der Waals surface area contributed by atoms with Crippen LogP contribution in [0.25, 0.3) is 0 Å². The van der Waals surface area contributed by atoms with Crippen molar-refractivity contribution < 1.29 is 13.9 Å². The zero-order valence-electron chi connectivity index (χ0n) is 17.1. The topological polar surface area (TPSA) is 30.5 Å². The van der Waals surface area contributed by atoms with E-state index in [-0.39, 0.29) is 5.82 Å². The van der Waals surface area contributed by atoms with E-state index in [4.69, 9.17) is 32.7 Å². The summed E-state index contributed by atoms with van der Waals surface area (Å²) in [6.07, 6.45) is 0.619. The molecular formula is C24H23BrCl2FNO2. The first-order chi connectivity index (χ1) is 15.0. The van der Waals surface area contributed by atoms with Gasteiger partial charge in [0.25, 0.3) is 0 Å². The minimum atomic E-state index is -0.174. The molecule has 0 radical (unpaired) electrons. The molecule has 7 heteroatoms. The highest BCUT2D eigenvalue weighted by Crippen LogP contribution is 2.35. The molecule has 3 aromatic carbocycles. The van der Waals surface area contributed by atoms with Crippen LogP contribution in [0.2, 0.25) is 10.0 Å². The van der Waals surface area contributed by atoms with Crippen LogP contribution in [-0.2, 0) is 19.6 Å². The van der Waals surface area contributed by atoms with Gasteiger partial charge in [0.1, 0.15) is 12.4 Å². The van der Waals surface area contributed by atoms with Crippen molar-refractivity contribution in [1.82, 2.24) is 5.32 Å². The molecule has 0 aliphatic heterocycles. The normalized spacial score (nSPS) is 10.9. The van der Waals surface area contributed by atoms with Gasteiger partial charge in [0.05, 0.1) is 16.7 Å². The van der Waals surface area contributed by atoms with E-state index in [0.717, 1.165) is 15.6 Å². The van der Waals surface area contributed by atoms with Crippen molar-refractivity contribution in [3.63, 3.8) is 0 Å². The van der Waals surface area contributed by atoms with Crippen molar-refractivity contribution in [1.29, 1.82) is 0 Å². The van der Waals surface area contributed by atoms with Crippen molar-refractivity contribution in [2.24, 2.45) is 0 Å². The quantitative estimate of drug-likeness (QED) is 0.283. The molecule has 0 fully saturated rings. The molecule has 0 saturated heterocycles. The van der Waals surface area contributed by atoms with Gasteiger partial charge in [-0.05, 0) is 66.9 Å². The number of hydrogen-bond donors (Lipinski definition) is 1. The summed E-state index contributed by atoms with van der Waals surface area (Å²) >= 11 is 15.7. The van der Waals surface area contributed by atoms with Crippen LogP contribution in [0.5, 0.6) is 11.5 Å². The summed E-state index contributed by atoms with van der Waals surface area (Å²) in [5, 5.41) is 4.36. The monoisotopic (exact) mass is 525 g/mol. The first kappa shape index (κ1) is 23.9. The second kappa shape index (κ2) is 11.7. The van der Waals surface area contributed by atoms with E-state index in [0.29, 0.717) is 59.8 Å². The summed E-state index contributed by atoms with van der Waals surface area (Å²) in [4.78, 5) is 0. The molecule has 0 spiro atoms. The largest absolute Gasteiger partial charge is 0.490 e. The van der Waals surface area contributed by atoms with Crippen LogP contribution < -0.4 is 14.8 Å². The standard InChI is InChI=1S/C24H23BrCl2FNO2/c1-2-30-23-12-18(14-29-10-9-17-5-3-4-6-22(17)28)19(25)13-24(23)31-15-16-7-8-20(26)21(27)11-16/h3-8,11-13,29H,2,9-10,14-15H2,1H3. The number of ether oxygens (including phenoxy) is 2. The molecule has 1 N–H and O–H groups in total. The van der Waals surface area contributed by atoms with Crippen LogP contribution in [0.3, 0.4) is 0 Å². The Morgan fingerprint density at radius 2 is 1.71 bits per heavy atom. The molecule has 3 nitrogen and oxygen atoms in total. The smallest absolute Gasteiger partial charge is 0.162 e. The molecule has 0 amide bonds. The van der Waals surface area contributed by atoms with Gasteiger partial charge in [-0.3, -0.25) is 0 Å². The third-order valence-electron chi connectivity index (χ3n) is 4.64. The predicted octanol–water partition coefficient (Wildman–Crippen LogP) is 7.21. The minimum Gasteiger partial charge on any atom is -0.490 e. The maximum absolute atomic E-state index is 13.7. The number of nitrogens with one attached hydrogen (secondary N) is 1. The van der Waals surface area contributed by atoms with Gasteiger partial charge in [-0.25, -0.2) is 4.39 Å². The summed E-state index contributed by atoms with van der Waals surface area (Å²) in [5.41, 5.74) is 2.64. The molecule has 3 aromatic rings. The Balaban J connectivity index is 1.63. The lowest BCUT2D eigenvalue weighted by molar-refractivity contribution is 0.269. The Morgan fingerprint density at radius 3 is 2.45 bits per heavy atom. The lowest BCUT2D eigenvalue weighted by atomic mass is 10.1. The molecule has 0 aliphatic rings. The molecule has 0 aliphatic carbocycles. The fraction of sp³-hybridized carbons (Fsp3) is 0.250. The number of halogens is 4. The Labute approximate surface area is 200 Å². The minimum absolute atomic E-state index is 0.174. The first-order valence-electron chi connectivity index (χ1n) is 9.94. The fourth-order valence-electron chi connectivity index (χ4n) is 3.03. The molecular weight excluding hydrogens is 504 g/mol. The molecule has 0 saturated carbocycles. The molecule has 31 heavy (non-hydrogen) atoms. The van der Waals surface area contributed by atoms with E-state index in [9.17, 15) is 4.39 Å². The summed E-state index contributed by atoms with van der Waals surface area (Å²) in [5.74, 6) is 1.12. The summed E-state index contributed by atoms with van der Waals surface area (Å²) in [7, 11) is 0. The zero-order valence-corrected chi connectivity index (χ0v) is 20.2. The SMILES string of the molecule is CCOc1cc(CNCCc2ccccc2F)c(Br)cc1OCc1ccc(Cl)c(Cl)c1. The van der Waals surface area contributed by atoms with Crippen LogP contribution in [0.4, 0.5) is 4.39 Å². The van der Waals surface area contributed by atoms with Crippen molar-refractivity contribution >= 4 is 39.1 Å². The van der Waals surface area contributed by atoms with Crippen molar-refractivity contribution in [3.8, 4) is 11.5 Å². The Hall–Kier alpha value is -1.79. The van der Waals surface area contributed by atoms with E-state index in [2.05, 4.69) is 21.2 Å². The summed E-state index contributed by atoms with van der Waals surface area (Å²) in [6.45, 7) is 4.06. The van der Waals surface area contributed by atoms with E-state index < -0.39 is 0 Å². The van der Waals surface area contributed by atoms with Crippen LogP contribution in [-0.4, -0.2) is 13.2 Å². The van der Waals surface area contributed by atoms with E-state index in [1.165, 1.54) is 6.07 Å². The molecule has 3 rings (SSSR count). The predicted molar refractivity (Wildman–Crippen MR) is 128 cm³/mol. The van der Waals surface area contributed by atoms with E-state index in [1.54, 1.807) is 24.3 Å². The molecule has 0 heterocycles. The van der Waals surface area contributed by atoms with Crippen molar-refractivity contribution in [3.05, 3.63) is 91.6 Å². The second-order valence-electron chi connectivity index (χ2n) is 6.88. The fourth-order valence-corrected chi connectivity index (χ4v) is 3.81. The van der Waals surface area contributed by atoms with Gasteiger partial charge in [-0.1, -0.05) is 63.4 Å². The third-order valence-corrected chi connectivity index (χ3v) is 6.11. The molecule has 0 atom stereocenters. The van der Waals surface area contributed by atoms with Gasteiger partial charge in [0.2, 0.25) is 0 Å². The van der Waals surface area contributed by atoms with Gasteiger partial charge >= 0.3 is 0 Å². The Morgan fingerprint density at radius 1 is 0.935 bits per heavy atom. The highest BCUT2D eigenvalue weighted by molar-refractivity contribution is 9.10. The van der Waals surface area contributed by atoms with Crippen molar-refractivity contribution in [2.45, 2.75) is 26.5 Å². The number of rotatable bonds is 10. The maximum atomic E-state index is 13.7. The summed E-state index contributed by atoms with van der Waals surface area (Å²) < 4.78 is 26.4. The number of hydrogen-bond acceptors (Lipinski definition) is 3. The highest BCUT2D eigenvalue weighted by atomic mass is 79.9. The lowest BCUT2D eigenvalue weighted by Crippen LogP contribution is -2.17. The van der Waals surface area contributed by atoms with E-state index in [1.807, 2.05) is 31.2 Å². The van der Waals surface area contributed by atoms with Gasteiger partial charge in [-0.15, -0.1) is 0 Å². The summed E-state index contributed by atoms with van der Waals surface area (Å²) in [6, 6.07) is 16.1. The van der Waals surface area contributed by atoms with E-state index >= 15 is 0 Å². The maximum Gasteiger partial charge on any atom is 0.162 e. The van der Waals surface area contributed by atoms with Crippen LogP contribution in [0.15, 0.2) is 59.1 Å². The average molecular weight is 527 g/mol. The molecule has 0 bridgehead atoms. The zero-order chi connectivity index (χ0) is 22.2. The highest BCUT2D eigenvalue weighted by Gasteiger charge is 2.12. The first-order valence-corrected chi connectivity index (χ1v) is 11.5. The molecule has 0 aromatic heterocycles. The van der Waals surface area contributed by atoms with Gasteiger partial charge < -0.3 is 14.8 Å². The van der Waals surface area contributed by atoms with Crippen LogP contribution >= 0.6 is 39.1 Å². The second-order valence-corrected chi connectivity index (χ2v) is 8.55. The lowest BCUT2D eigenvalue weighted by Gasteiger charge is -2.16. The van der Waals surface area contributed by atoms with Crippen LogP contribution in [0, 0.1) is 5.82 Å².